The van der Waals surface area contributed by atoms with Gasteiger partial charge in [-0.05, 0) is 25.1 Å². The number of amides is 4. The molecule has 0 bridgehead atoms. The number of anilines is 1. The zero-order chi connectivity index (χ0) is 21.8. The van der Waals surface area contributed by atoms with Crippen LogP contribution in [0, 0.1) is 15.5 Å². The van der Waals surface area contributed by atoms with Crippen molar-refractivity contribution < 1.29 is 19.3 Å². The standard InChI is InChI=1S/C20H25N5O5/c1-4-7-24-18(27)20(17(26)22(3)19(24)28)11-13-10-14(25(29)30)5-6-15(13)23-9-8-21(2)12-16(20)23/h5-6,10,16H,4,7-9,11-12H2,1-3H3/t16-,20+/m1/s1. The smallest absolute Gasteiger partial charge is 0.333 e. The van der Waals surface area contributed by atoms with Crippen LogP contribution >= 0.6 is 0 Å². The van der Waals surface area contributed by atoms with E-state index in [0.29, 0.717) is 25.1 Å². The van der Waals surface area contributed by atoms with Gasteiger partial charge in [-0.15, -0.1) is 0 Å². The van der Waals surface area contributed by atoms with Crippen molar-refractivity contribution >= 4 is 29.2 Å². The molecule has 3 heterocycles. The first-order valence-corrected chi connectivity index (χ1v) is 10.1. The number of fused-ring (bicyclic) bond motifs is 4. The summed E-state index contributed by atoms with van der Waals surface area (Å²) in [6.45, 7) is 3.89. The molecule has 1 aromatic carbocycles. The number of hydrogen-bond acceptors (Lipinski definition) is 7. The van der Waals surface area contributed by atoms with E-state index in [1.165, 1.54) is 19.2 Å². The lowest BCUT2D eigenvalue weighted by atomic mass is 9.67. The van der Waals surface area contributed by atoms with Gasteiger partial charge < -0.3 is 9.80 Å². The lowest BCUT2D eigenvalue weighted by Crippen LogP contribution is -2.75. The second kappa shape index (κ2) is 7.05. The predicted molar refractivity (Wildman–Crippen MR) is 108 cm³/mol. The van der Waals surface area contributed by atoms with Crippen LogP contribution in [0.2, 0.25) is 0 Å². The zero-order valence-corrected chi connectivity index (χ0v) is 17.3. The number of imide groups is 2. The Hall–Kier alpha value is -3.01. The number of carbonyl (C=O) groups excluding carboxylic acids is 3. The number of barbiturate groups is 1. The molecule has 4 rings (SSSR count). The van der Waals surface area contributed by atoms with E-state index in [2.05, 4.69) is 4.90 Å². The number of rotatable bonds is 3. The Labute approximate surface area is 174 Å². The number of hydrogen-bond donors (Lipinski definition) is 0. The van der Waals surface area contributed by atoms with E-state index in [1.54, 1.807) is 6.07 Å². The fourth-order valence-electron chi connectivity index (χ4n) is 5.00. The number of nitrogens with zero attached hydrogens (tertiary/aromatic N) is 5. The number of nitro benzene ring substituents is 1. The molecule has 0 N–H and O–H groups in total. The Morgan fingerprint density at radius 1 is 1.17 bits per heavy atom. The highest BCUT2D eigenvalue weighted by Crippen LogP contribution is 2.47. The van der Waals surface area contributed by atoms with Gasteiger partial charge in [0.1, 0.15) is 0 Å². The van der Waals surface area contributed by atoms with Crippen LogP contribution in [0.5, 0.6) is 0 Å². The molecule has 2 fully saturated rings. The summed E-state index contributed by atoms with van der Waals surface area (Å²) in [6.07, 6.45) is 0.612. The van der Waals surface area contributed by atoms with E-state index in [4.69, 9.17) is 0 Å². The average Bonchev–Trinajstić information content (AvgIpc) is 2.73. The minimum absolute atomic E-state index is 0.0362. The van der Waals surface area contributed by atoms with Crippen LogP contribution in [-0.2, 0) is 16.0 Å². The second-order valence-electron chi connectivity index (χ2n) is 8.29. The minimum atomic E-state index is -1.49. The van der Waals surface area contributed by atoms with Crippen LogP contribution in [0.4, 0.5) is 16.2 Å². The maximum Gasteiger partial charge on any atom is 0.333 e. The molecule has 30 heavy (non-hydrogen) atoms. The SMILES string of the molecule is CCCN1C(=O)N(C)C(=O)[C@@]2(Cc3cc([N+](=O)[O-])ccc3N3CCN(C)C[C@@H]32)C1=O. The van der Waals surface area contributed by atoms with E-state index in [9.17, 15) is 24.5 Å². The quantitative estimate of drug-likeness (QED) is 0.413. The zero-order valence-electron chi connectivity index (χ0n) is 17.3. The van der Waals surface area contributed by atoms with Gasteiger partial charge in [0.25, 0.3) is 5.69 Å². The molecule has 10 heteroatoms. The summed E-state index contributed by atoms with van der Waals surface area (Å²) in [5.41, 5.74) is -0.172. The number of non-ortho nitro benzene ring substituents is 1. The van der Waals surface area contributed by atoms with Gasteiger partial charge in [0.05, 0.1) is 11.0 Å². The van der Waals surface area contributed by atoms with Gasteiger partial charge in [0.15, 0.2) is 5.41 Å². The highest BCUT2D eigenvalue weighted by molar-refractivity contribution is 6.20. The molecule has 2 atom stereocenters. The lowest BCUT2D eigenvalue weighted by molar-refractivity contribution is -0.384. The van der Waals surface area contributed by atoms with Gasteiger partial charge >= 0.3 is 6.03 Å². The van der Waals surface area contributed by atoms with E-state index < -0.39 is 34.2 Å². The lowest BCUT2D eigenvalue weighted by Gasteiger charge is -2.56. The highest BCUT2D eigenvalue weighted by Gasteiger charge is 2.64. The van der Waals surface area contributed by atoms with Gasteiger partial charge in [0, 0.05) is 57.5 Å². The molecule has 0 unspecified atom stereocenters. The molecule has 3 aliphatic heterocycles. The third kappa shape index (κ3) is 2.70. The maximum absolute atomic E-state index is 13.7. The van der Waals surface area contributed by atoms with E-state index in [-0.39, 0.29) is 18.7 Å². The minimum Gasteiger partial charge on any atom is -0.364 e. The summed E-state index contributed by atoms with van der Waals surface area (Å²) < 4.78 is 0. The van der Waals surface area contributed by atoms with Crippen LogP contribution in [0.1, 0.15) is 18.9 Å². The Morgan fingerprint density at radius 2 is 1.90 bits per heavy atom. The normalized spacial score (nSPS) is 26.8. The van der Waals surface area contributed by atoms with Gasteiger partial charge in [0.2, 0.25) is 11.8 Å². The van der Waals surface area contributed by atoms with E-state index in [1.807, 2.05) is 18.9 Å². The summed E-state index contributed by atoms with van der Waals surface area (Å²) in [5.74, 6) is -1.03. The molecule has 2 saturated heterocycles. The summed E-state index contributed by atoms with van der Waals surface area (Å²) in [7, 11) is 3.34. The first-order chi connectivity index (χ1) is 14.2. The van der Waals surface area contributed by atoms with Crippen molar-refractivity contribution in [2.45, 2.75) is 25.8 Å². The molecule has 0 aliphatic carbocycles. The van der Waals surface area contributed by atoms with Gasteiger partial charge in [-0.1, -0.05) is 6.92 Å². The molecule has 160 valence electrons. The van der Waals surface area contributed by atoms with Crippen molar-refractivity contribution in [3.63, 3.8) is 0 Å². The molecule has 1 spiro atoms. The Morgan fingerprint density at radius 3 is 2.57 bits per heavy atom. The van der Waals surface area contributed by atoms with Crippen LogP contribution in [-0.4, -0.2) is 83.8 Å². The second-order valence-corrected chi connectivity index (χ2v) is 8.29. The molecule has 1 aromatic rings. The topological polar surface area (TPSA) is 107 Å². The van der Waals surface area contributed by atoms with Crippen molar-refractivity contribution in [3.05, 3.63) is 33.9 Å². The number of likely N-dealkylation sites (N-methyl/N-ethyl adjacent to an activating group) is 1. The molecular weight excluding hydrogens is 390 g/mol. The van der Waals surface area contributed by atoms with Crippen molar-refractivity contribution in [2.24, 2.45) is 5.41 Å². The largest absolute Gasteiger partial charge is 0.364 e. The fourth-order valence-corrected chi connectivity index (χ4v) is 5.00. The van der Waals surface area contributed by atoms with Gasteiger partial charge in [-0.3, -0.25) is 29.5 Å². The number of benzene rings is 1. The number of piperazine rings is 1. The summed E-state index contributed by atoms with van der Waals surface area (Å²) in [4.78, 5) is 57.1. The maximum atomic E-state index is 13.7. The molecule has 0 saturated carbocycles. The Balaban J connectivity index is 1.91. The Bertz CT molecular complexity index is 950. The summed E-state index contributed by atoms with van der Waals surface area (Å²) in [5, 5.41) is 11.3. The average molecular weight is 415 g/mol. The summed E-state index contributed by atoms with van der Waals surface area (Å²) >= 11 is 0. The third-order valence-corrected chi connectivity index (χ3v) is 6.48. The molecule has 10 nitrogen and oxygen atoms in total. The van der Waals surface area contributed by atoms with E-state index in [0.717, 1.165) is 22.0 Å². The summed E-state index contributed by atoms with van der Waals surface area (Å²) in [6, 6.07) is 3.54. The predicted octanol–water partition coefficient (Wildman–Crippen LogP) is 1.09. The third-order valence-electron chi connectivity index (χ3n) is 6.48. The van der Waals surface area contributed by atoms with Crippen LogP contribution in [0.15, 0.2) is 18.2 Å². The molecule has 0 aromatic heterocycles. The first-order valence-electron chi connectivity index (χ1n) is 10.1. The number of urea groups is 1. The van der Waals surface area contributed by atoms with Gasteiger partial charge in [-0.2, -0.15) is 0 Å². The van der Waals surface area contributed by atoms with Crippen molar-refractivity contribution in [1.82, 2.24) is 14.7 Å². The number of carbonyl (C=O) groups is 3. The fraction of sp³-hybridized carbons (Fsp3) is 0.550. The Kier molecular flexibility index (Phi) is 4.76. The molecule has 3 aliphatic rings. The highest BCUT2D eigenvalue weighted by atomic mass is 16.6. The molecule has 0 radical (unpaired) electrons. The first kappa shape index (κ1) is 20.3. The van der Waals surface area contributed by atoms with Crippen LogP contribution < -0.4 is 4.90 Å². The van der Waals surface area contributed by atoms with Crippen molar-refractivity contribution in [2.75, 3.05) is 45.2 Å². The molecule has 4 amide bonds. The monoisotopic (exact) mass is 415 g/mol. The van der Waals surface area contributed by atoms with Crippen LogP contribution in [0.25, 0.3) is 0 Å². The van der Waals surface area contributed by atoms with E-state index >= 15 is 0 Å². The van der Waals surface area contributed by atoms with Crippen molar-refractivity contribution in [1.29, 1.82) is 0 Å². The van der Waals surface area contributed by atoms with Crippen LogP contribution in [0.3, 0.4) is 0 Å². The number of nitro groups is 1. The van der Waals surface area contributed by atoms with Gasteiger partial charge in [-0.25, -0.2) is 4.79 Å². The molecular formula is C20H25N5O5. The van der Waals surface area contributed by atoms with Crippen molar-refractivity contribution in [3.8, 4) is 0 Å².